The van der Waals surface area contributed by atoms with Crippen LogP contribution in [0.25, 0.3) is 5.69 Å². The number of hydrogen-bond acceptors (Lipinski definition) is 6. The number of nitrogens with zero attached hydrogens (tertiary/aromatic N) is 2. The largest absolute Gasteiger partial charge is 0.481 e. The average molecular weight is 435 g/mol. The van der Waals surface area contributed by atoms with Crippen LogP contribution in [0.1, 0.15) is 35.5 Å². The van der Waals surface area contributed by atoms with Gasteiger partial charge in [-0.05, 0) is 50.1 Å². The van der Waals surface area contributed by atoms with Gasteiger partial charge in [-0.1, -0.05) is 36.8 Å². The number of carbonyl (C=O) groups excluding carboxylic acids is 2. The first kappa shape index (κ1) is 22.7. The van der Waals surface area contributed by atoms with Crippen LogP contribution in [0.4, 0.5) is 5.69 Å². The third kappa shape index (κ3) is 5.60. The van der Waals surface area contributed by atoms with Crippen molar-refractivity contribution in [2.24, 2.45) is 0 Å². The lowest BCUT2D eigenvalue weighted by molar-refractivity contribution is -0.118. The van der Waals surface area contributed by atoms with E-state index in [1.54, 1.807) is 31.2 Å². The molecular weight excluding hydrogens is 410 g/mol. The molecule has 0 atom stereocenters. The first-order valence-corrected chi connectivity index (χ1v) is 10.3. The predicted molar refractivity (Wildman–Crippen MR) is 120 cm³/mol. The second kappa shape index (κ2) is 10.4. The highest BCUT2D eigenvalue weighted by molar-refractivity contribution is 5.93. The second-order valence-electron chi connectivity index (χ2n) is 7.05. The molecule has 8 heteroatoms. The third-order valence-electron chi connectivity index (χ3n) is 4.65. The maximum absolute atomic E-state index is 12.6. The van der Waals surface area contributed by atoms with Crippen molar-refractivity contribution in [1.29, 1.82) is 0 Å². The zero-order valence-electron chi connectivity index (χ0n) is 18.3. The molecule has 1 amide bonds. The molecule has 0 bridgehead atoms. The lowest BCUT2D eigenvalue weighted by Crippen LogP contribution is -2.27. The summed E-state index contributed by atoms with van der Waals surface area (Å²) in [7, 11) is 0. The number of amides is 1. The molecule has 0 aliphatic heterocycles. The van der Waals surface area contributed by atoms with E-state index in [-0.39, 0.29) is 18.1 Å². The molecule has 0 aliphatic carbocycles. The molecule has 3 rings (SSSR count). The van der Waals surface area contributed by atoms with Gasteiger partial charge in [0, 0.05) is 5.69 Å². The molecule has 0 fully saturated rings. The first-order chi connectivity index (χ1) is 15.4. The summed E-state index contributed by atoms with van der Waals surface area (Å²) in [4.78, 5) is 37.3. The Morgan fingerprint density at radius 2 is 1.72 bits per heavy atom. The van der Waals surface area contributed by atoms with Gasteiger partial charge < -0.3 is 14.8 Å². The highest BCUT2D eigenvalue weighted by Gasteiger charge is 2.20. The highest BCUT2D eigenvalue weighted by Crippen LogP contribution is 2.17. The fraction of sp³-hybridized carbons (Fsp3) is 0.250. The molecular formula is C24H25N3O5. The van der Waals surface area contributed by atoms with Crippen molar-refractivity contribution >= 4 is 17.6 Å². The van der Waals surface area contributed by atoms with Crippen LogP contribution in [0.5, 0.6) is 5.75 Å². The van der Waals surface area contributed by atoms with Crippen LogP contribution < -0.4 is 15.6 Å². The summed E-state index contributed by atoms with van der Waals surface area (Å²) in [5.41, 5.74) is 2.58. The van der Waals surface area contributed by atoms with Crippen LogP contribution in [0, 0.1) is 6.92 Å². The fourth-order valence-corrected chi connectivity index (χ4v) is 2.93. The second-order valence-corrected chi connectivity index (χ2v) is 7.05. The molecule has 1 N–H and O–H groups in total. The molecule has 8 nitrogen and oxygen atoms in total. The van der Waals surface area contributed by atoms with Crippen molar-refractivity contribution in [2.45, 2.75) is 27.2 Å². The van der Waals surface area contributed by atoms with Crippen molar-refractivity contribution in [2.75, 3.05) is 18.5 Å². The topological polar surface area (TPSA) is 99.5 Å². The number of aromatic nitrogens is 2. The minimum atomic E-state index is -0.751. The Morgan fingerprint density at radius 1 is 1.03 bits per heavy atom. The Kier molecular flexibility index (Phi) is 7.38. The summed E-state index contributed by atoms with van der Waals surface area (Å²) in [5, 5.41) is 6.86. The fourth-order valence-electron chi connectivity index (χ4n) is 2.93. The van der Waals surface area contributed by atoms with E-state index in [0.29, 0.717) is 11.4 Å². The quantitative estimate of drug-likeness (QED) is 0.545. The molecule has 166 valence electrons. The lowest BCUT2D eigenvalue weighted by Gasteiger charge is -2.13. The minimum Gasteiger partial charge on any atom is -0.481 e. The van der Waals surface area contributed by atoms with Crippen LogP contribution in [0.3, 0.4) is 0 Å². The normalized spacial score (nSPS) is 10.5. The Balaban J connectivity index is 1.81. The van der Waals surface area contributed by atoms with Gasteiger partial charge in [-0.2, -0.15) is 9.78 Å². The Bertz CT molecular complexity index is 1150. The van der Waals surface area contributed by atoms with Crippen LogP contribution in [0.2, 0.25) is 0 Å². The molecule has 1 heterocycles. The van der Waals surface area contributed by atoms with E-state index in [1.807, 2.05) is 38.1 Å². The Morgan fingerprint density at radius 3 is 2.34 bits per heavy atom. The van der Waals surface area contributed by atoms with E-state index >= 15 is 0 Å². The summed E-state index contributed by atoms with van der Waals surface area (Å²) >= 11 is 0. The van der Waals surface area contributed by atoms with Crippen LogP contribution in [0.15, 0.2) is 59.4 Å². The van der Waals surface area contributed by atoms with Crippen molar-refractivity contribution in [3.63, 3.8) is 0 Å². The number of carbonyl (C=O) groups is 2. The van der Waals surface area contributed by atoms with Crippen molar-refractivity contribution < 1.29 is 19.1 Å². The predicted octanol–water partition coefficient (Wildman–Crippen LogP) is 3.30. The molecule has 0 unspecified atom stereocenters. The lowest BCUT2D eigenvalue weighted by atomic mass is 10.1. The van der Waals surface area contributed by atoms with Crippen LogP contribution in [-0.2, 0) is 16.0 Å². The minimum absolute atomic E-state index is 0.117. The van der Waals surface area contributed by atoms with E-state index < -0.39 is 24.0 Å². The number of aryl methyl sites for hydroxylation is 2. The molecule has 0 radical (unpaired) electrons. The maximum Gasteiger partial charge on any atom is 0.362 e. The smallest absolute Gasteiger partial charge is 0.362 e. The molecule has 0 spiro atoms. The number of ether oxygens (including phenoxy) is 2. The Hall–Kier alpha value is -3.94. The monoisotopic (exact) mass is 435 g/mol. The number of rotatable bonds is 8. The number of anilines is 1. The van der Waals surface area contributed by atoms with Gasteiger partial charge in [0.05, 0.1) is 18.4 Å². The molecule has 2 aromatic carbocycles. The summed E-state index contributed by atoms with van der Waals surface area (Å²) in [6.07, 6.45) is 0.898. The maximum atomic E-state index is 12.6. The van der Waals surface area contributed by atoms with Crippen molar-refractivity contribution in [3.05, 3.63) is 81.8 Å². The molecule has 1 aromatic heterocycles. The van der Waals surface area contributed by atoms with Gasteiger partial charge in [-0.3, -0.25) is 9.59 Å². The zero-order chi connectivity index (χ0) is 23.1. The number of esters is 1. The van der Waals surface area contributed by atoms with Crippen LogP contribution in [-0.4, -0.2) is 34.9 Å². The Labute approximate surface area is 185 Å². The molecule has 0 saturated carbocycles. The van der Waals surface area contributed by atoms with E-state index in [0.717, 1.165) is 28.3 Å². The number of hydrogen-bond donors (Lipinski definition) is 1. The highest BCUT2D eigenvalue weighted by atomic mass is 16.5. The van der Waals surface area contributed by atoms with Crippen molar-refractivity contribution in [1.82, 2.24) is 9.78 Å². The van der Waals surface area contributed by atoms with E-state index in [4.69, 9.17) is 9.47 Å². The summed E-state index contributed by atoms with van der Waals surface area (Å²) in [6.45, 7) is 5.34. The van der Waals surface area contributed by atoms with Gasteiger partial charge in [0.25, 0.3) is 11.5 Å². The zero-order valence-corrected chi connectivity index (χ0v) is 18.3. The third-order valence-corrected chi connectivity index (χ3v) is 4.65. The summed E-state index contributed by atoms with van der Waals surface area (Å²) < 4.78 is 11.6. The van der Waals surface area contributed by atoms with Crippen molar-refractivity contribution in [3.8, 4) is 11.4 Å². The number of benzene rings is 2. The molecule has 32 heavy (non-hydrogen) atoms. The summed E-state index contributed by atoms with van der Waals surface area (Å²) in [5.74, 6) is -1.31. The van der Waals surface area contributed by atoms with E-state index in [1.165, 1.54) is 0 Å². The van der Waals surface area contributed by atoms with Gasteiger partial charge in [0.1, 0.15) is 0 Å². The van der Waals surface area contributed by atoms with Crippen LogP contribution >= 0.6 is 0 Å². The van der Waals surface area contributed by atoms with Gasteiger partial charge in [-0.15, -0.1) is 0 Å². The average Bonchev–Trinajstić information content (AvgIpc) is 2.79. The van der Waals surface area contributed by atoms with Gasteiger partial charge in [-0.25, -0.2) is 4.79 Å². The van der Waals surface area contributed by atoms with Gasteiger partial charge in [0.15, 0.2) is 12.4 Å². The number of nitrogens with one attached hydrogen (secondary N) is 1. The molecule has 0 saturated heterocycles. The van der Waals surface area contributed by atoms with E-state index in [9.17, 15) is 14.4 Å². The van der Waals surface area contributed by atoms with E-state index in [2.05, 4.69) is 10.4 Å². The first-order valence-electron chi connectivity index (χ1n) is 10.3. The molecule has 0 aliphatic rings. The van der Waals surface area contributed by atoms with Gasteiger partial charge in [0.2, 0.25) is 5.69 Å². The summed E-state index contributed by atoms with van der Waals surface area (Å²) in [6, 6.07) is 15.7. The molecule has 3 aromatic rings. The SMILES string of the molecule is CCOC(=O)c1nn(-c2ccc(C)cc2)c(=O)cc1OCC(=O)Nc1ccc(CC)cc1. The van der Waals surface area contributed by atoms with Gasteiger partial charge >= 0.3 is 5.97 Å². The standard InChI is InChI=1S/C24H25N3O5/c1-4-17-8-10-18(11-9-17)25-21(28)15-32-20-14-22(29)27(19-12-6-16(3)7-13-19)26-23(20)24(30)31-5-2/h6-14H,4-5,15H2,1-3H3,(H,25,28).